The fourth-order valence-electron chi connectivity index (χ4n) is 4.37. The Balaban J connectivity index is 1.89. The normalized spacial score (nSPS) is 17.1. The minimum Gasteiger partial charge on any atom is -0.465 e. The van der Waals surface area contributed by atoms with Gasteiger partial charge in [-0.15, -0.1) is 0 Å². The lowest BCUT2D eigenvalue weighted by molar-refractivity contribution is -0.384. The van der Waals surface area contributed by atoms with Crippen molar-refractivity contribution in [2.75, 3.05) is 31.3 Å². The van der Waals surface area contributed by atoms with Crippen molar-refractivity contribution in [1.82, 2.24) is 5.32 Å². The minimum atomic E-state index is -0.905. The molecule has 38 heavy (non-hydrogen) atoms. The molecular formula is C28H33N3O6S. The van der Waals surface area contributed by atoms with Gasteiger partial charge in [-0.05, 0) is 31.9 Å². The van der Waals surface area contributed by atoms with Crippen LogP contribution in [0, 0.1) is 16.0 Å². The first-order valence-corrected chi connectivity index (χ1v) is 13.7. The molecule has 1 heterocycles. The first-order chi connectivity index (χ1) is 18.4. The summed E-state index contributed by atoms with van der Waals surface area (Å²) in [6, 6.07) is 16.1. The summed E-state index contributed by atoms with van der Waals surface area (Å²) in [5.74, 6) is -1.67. The van der Waals surface area contributed by atoms with Crippen LogP contribution in [0.4, 0.5) is 5.69 Å². The van der Waals surface area contributed by atoms with Gasteiger partial charge in [-0.25, -0.2) is 4.79 Å². The van der Waals surface area contributed by atoms with Gasteiger partial charge in [0.2, 0.25) is 0 Å². The summed E-state index contributed by atoms with van der Waals surface area (Å²) in [6.45, 7) is 6.93. The van der Waals surface area contributed by atoms with E-state index in [1.807, 2.05) is 18.2 Å². The summed E-state index contributed by atoms with van der Waals surface area (Å²) in [7, 11) is 0. The van der Waals surface area contributed by atoms with Crippen molar-refractivity contribution in [3.63, 3.8) is 0 Å². The van der Waals surface area contributed by atoms with Crippen LogP contribution >= 0.6 is 11.8 Å². The maximum absolute atomic E-state index is 13.3. The molecule has 10 heteroatoms. The molecule has 9 nitrogen and oxygen atoms in total. The van der Waals surface area contributed by atoms with Gasteiger partial charge in [0.05, 0.1) is 29.4 Å². The van der Waals surface area contributed by atoms with E-state index in [1.54, 1.807) is 44.7 Å². The number of hydrogen-bond acceptors (Lipinski definition) is 9. The molecule has 0 spiro atoms. The Labute approximate surface area is 226 Å². The number of rotatable bonds is 13. The Kier molecular flexibility index (Phi) is 11.0. The van der Waals surface area contributed by atoms with Crippen molar-refractivity contribution in [3.05, 3.63) is 87.1 Å². The van der Waals surface area contributed by atoms with Crippen LogP contribution in [0.25, 0.3) is 0 Å². The first kappa shape index (κ1) is 29.1. The zero-order chi connectivity index (χ0) is 27.5. The summed E-state index contributed by atoms with van der Waals surface area (Å²) in [4.78, 5) is 42.0. The monoisotopic (exact) mass is 539 g/mol. The molecule has 1 aliphatic heterocycles. The summed E-state index contributed by atoms with van der Waals surface area (Å²) in [6.07, 6.45) is 0. The molecule has 0 aliphatic carbocycles. The van der Waals surface area contributed by atoms with Crippen LogP contribution in [0.1, 0.15) is 37.8 Å². The molecular weight excluding hydrogens is 506 g/mol. The van der Waals surface area contributed by atoms with Crippen molar-refractivity contribution in [2.45, 2.75) is 33.2 Å². The second-order valence-electron chi connectivity index (χ2n) is 8.61. The van der Waals surface area contributed by atoms with E-state index in [0.717, 1.165) is 18.8 Å². The van der Waals surface area contributed by atoms with E-state index in [2.05, 4.69) is 22.4 Å². The fraction of sp³-hybridized carbons (Fsp3) is 0.393. The molecule has 0 aromatic heterocycles. The van der Waals surface area contributed by atoms with E-state index in [4.69, 9.17) is 9.47 Å². The fourth-order valence-corrected chi connectivity index (χ4v) is 5.21. The van der Waals surface area contributed by atoms with Gasteiger partial charge in [0, 0.05) is 48.4 Å². The number of thioether (sulfide) groups is 1. The second kappa shape index (κ2) is 14.4. The number of carbonyl (C=O) groups excluding carboxylic acids is 2. The predicted octanol–water partition coefficient (Wildman–Crippen LogP) is 4.67. The second-order valence-corrected chi connectivity index (χ2v) is 9.71. The summed E-state index contributed by atoms with van der Waals surface area (Å²) in [5.41, 5.74) is 2.76. The molecule has 0 bridgehead atoms. The van der Waals surface area contributed by atoms with Crippen molar-refractivity contribution >= 4 is 35.1 Å². The standard InChI is InChI=1S/C28H33N3O6S/c1-4-36-27(32)24-19(3)30-23(18-38-15-14-29-17-20-10-7-6-8-11-20)26(28(33)37-5-2)25(24)21-12-9-13-22(16-21)31(34)35/h6-13,16,24-25,29H,4-5,14-15,17-18H2,1-3H3. The third kappa shape index (κ3) is 7.52. The zero-order valence-electron chi connectivity index (χ0n) is 21.8. The first-order valence-electron chi connectivity index (χ1n) is 12.6. The summed E-state index contributed by atoms with van der Waals surface area (Å²) in [5, 5.41) is 14.9. The molecule has 0 amide bonds. The molecule has 0 radical (unpaired) electrons. The van der Waals surface area contributed by atoms with Crippen molar-refractivity contribution in [3.8, 4) is 0 Å². The lowest BCUT2D eigenvalue weighted by Gasteiger charge is -2.32. The molecule has 0 saturated heterocycles. The molecule has 0 fully saturated rings. The SMILES string of the molecule is CCOC(=O)C1=C(CSCCNCc2ccccc2)N=C(C)C(C(=O)OCC)C1c1cccc([N+](=O)[O-])c1. The zero-order valence-corrected chi connectivity index (χ0v) is 22.7. The Morgan fingerprint density at radius 3 is 2.50 bits per heavy atom. The summed E-state index contributed by atoms with van der Waals surface area (Å²) < 4.78 is 10.7. The molecule has 1 aliphatic rings. The average molecular weight is 540 g/mol. The van der Waals surface area contributed by atoms with Gasteiger partial charge in [0.25, 0.3) is 5.69 Å². The van der Waals surface area contributed by atoms with Crippen LogP contribution in [0.15, 0.2) is 70.9 Å². The van der Waals surface area contributed by atoms with Crippen LogP contribution in [0.3, 0.4) is 0 Å². The molecule has 3 rings (SSSR count). The number of nitrogens with one attached hydrogen (secondary N) is 1. The topological polar surface area (TPSA) is 120 Å². The van der Waals surface area contributed by atoms with Gasteiger partial charge in [-0.3, -0.25) is 19.9 Å². The number of nitrogens with zero attached hydrogens (tertiary/aromatic N) is 2. The number of aliphatic imine (C=N–C) groups is 1. The molecule has 2 atom stereocenters. The largest absolute Gasteiger partial charge is 0.465 e. The number of nitro groups is 1. The quantitative estimate of drug-likeness (QED) is 0.169. The molecule has 202 valence electrons. The van der Waals surface area contributed by atoms with Crippen molar-refractivity contribution in [1.29, 1.82) is 0 Å². The van der Waals surface area contributed by atoms with E-state index in [1.165, 1.54) is 17.7 Å². The molecule has 2 unspecified atom stereocenters. The smallest absolute Gasteiger partial charge is 0.336 e. The number of ether oxygens (including phenoxy) is 2. The van der Waals surface area contributed by atoms with Crippen LogP contribution in [-0.2, 0) is 25.6 Å². The van der Waals surface area contributed by atoms with Gasteiger partial charge in [-0.1, -0.05) is 42.5 Å². The predicted molar refractivity (Wildman–Crippen MR) is 148 cm³/mol. The van der Waals surface area contributed by atoms with Crippen LogP contribution in [0.2, 0.25) is 0 Å². The maximum atomic E-state index is 13.3. The minimum absolute atomic E-state index is 0.131. The van der Waals surface area contributed by atoms with Gasteiger partial charge in [-0.2, -0.15) is 11.8 Å². The Morgan fingerprint density at radius 2 is 1.82 bits per heavy atom. The highest BCUT2D eigenvalue weighted by Gasteiger charge is 2.43. The van der Waals surface area contributed by atoms with Gasteiger partial charge in [0.15, 0.2) is 0 Å². The molecule has 2 aromatic carbocycles. The highest BCUT2D eigenvalue weighted by Crippen LogP contribution is 2.41. The van der Waals surface area contributed by atoms with Gasteiger partial charge >= 0.3 is 11.9 Å². The van der Waals surface area contributed by atoms with Crippen molar-refractivity contribution in [2.24, 2.45) is 10.9 Å². The lowest BCUT2D eigenvalue weighted by Crippen LogP contribution is -2.37. The number of non-ortho nitro benzene ring substituents is 1. The van der Waals surface area contributed by atoms with E-state index in [-0.39, 0.29) is 24.5 Å². The van der Waals surface area contributed by atoms with E-state index < -0.39 is 28.7 Å². The molecule has 1 N–H and O–H groups in total. The number of carbonyl (C=O) groups is 2. The van der Waals surface area contributed by atoms with Crippen molar-refractivity contribution < 1.29 is 24.0 Å². The third-order valence-corrected chi connectivity index (χ3v) is 7.00. The van der Waals surface area contributed by atoms with E-state index in [9.17, 15) is 19.7 Å². The Morgan fingerprint density at radius 1 is 1.08 bits per heavy atom. The average Bonchev–Trinajstić information content (AvgIpc) is 2.91. The van der Waals surface area contributed by atoms with Crippen LogP contribution in [0.5, 0.6) is 0 Å². The number of esters is 2. The Hall–Kier alpha value is -3.50. The highest BCUT2D eigenvalue weighted by atomic mass is 32.2. The van der Waals surface area contributed by atoms with E-state index >= 15 is 0 Å². The molecule has 0 saturated carbocycles. The third-order valence-electron chi connectivity index (χ3n) is 6.03. The maximum Gasteiger partial charge on any atom is 0.336 e. The van der Waals surface area contributed by atoms with E-state index in [0.29, 0.717) is 22.7 Å². The number of nitro benzene ring substituents is 1. The summed E-state index contributed by atoms with van der Waals surface area (Å²) >= 11 is 1.60. The van der Waals surface area contributed by atoms with Crippen LogP contribution in [-0.4, -0.2) is 53.8 Å². The molecule has 2 aromatic rings. The lowest BCUT2D eigenvalue weighted by atomic mass is 9.75. The van der Waals surface area contributed by atoms with Gasteiger partial charge in [0.1, 0.15) is 5.92 Å². The highest BCUT2D eigenvalue weighted by molar-refractivity contribution is 7.99. The van der Waals surface area contributed by atoms with Crippen LogP contribution < -0.4 is 5.32 Å². The number of benzene rings is 2. The van der Waals surface area contributed by atoms with Gasteiger partial charge < -0.3 is 14.8 Å². The Bertz CT molecular complexity index is 1200. The number of hydrogen-bond donors (Lipinski definition) is 1.